The fourth-order valence-corrected chi connectivity index (χ4v) is 1.94. The van der Waals surface area contributed by atoms with Crippen molar-refractivity contribution in [2.45, 2.75) is 0 Å². The number of carbonyl (C=O) groups is 1. The minimum absolute atomic E-state index is 0.290. The quantitative estimate of drug-likeness (QED) is 0.853. The zero-order chi connectivity index (χ0) is 15.4. The molecule has 0 radical (unpaired) electrons. The predicted molar refractivity (Wildman–Crippen MR) is 81.5 cm³/mol. The van der Waals surface area contributed by atoms with E-state index in [1.807, 2.05) is 6.07 Å². The molecule has 0 atom stereocenters. The van der Waals surface area contributed by atoms with Crippen LogP contribution in [0.4, 0.5) is 11.4 Å². The first-order valence-electron chi connectivity index (χ1n) is 5.99. The summed E-state index contributed by atoms with van der Waals surface area (Å²) in [5.41, 5.74) is 7.26. The molecule has 0 aliphatic carbocycles. The van der Waals surface area contributed by atoms with Crippen LogP contribution in [-0.4, -0.2) is 13.0 Å². The van der Waals surface area contributed by atoms with E-state index < -0.39 is 0 Å². The van der Waals surface area contributed by atoms with Crippen LogP contribution in [-0.2, 0) is 0 Å². The van der Waals surface area contributed by atoms with Crippen molar-refractivity contribution in [2.24, 2.45) is 0 Å². The van der Waals surface area contributed by atoms with Crippen molar-refractivity contribution < 1.29 is 9.53 Å². The number of hydrogen-bond donors (Lipinski definition) is 2. The molecule has 0 aliphatic rings. The Morgan fingerprint density at radius 3 is 2.76 bits per heavy atom. The maximum absolute atomic E-state index is 12.2. The summed E-state index contributed by atoms with van der Waals surface area (Å²) in [6.07, 6.45) is 0. The van der Waals surface area contributed by atoms with Crippen molar-refractivity contribution in [3.8, 4) is 11.8 Å². The van der Waals surface area contributed by atoms with Gasteiger partial charge in [-0.1, -0.05) is 11.6 Å². The lowest BCUT2D eigenvalue weighted by Gasteiger charge is -2.10. The van der Waals surface area contributed by atoms with Gasteiger partial charge in [0, 0.05) is 17.4 Å². The first-order valence-corrected chi connectivity index (χ1v) is 6.37. The molecule has 0 saturated carbocycles. The van der Waals surface area contributed by atoms with E-state index in [9.17, 15) is 4.79 Å². The summed E-state index contributed by atoms with van der Waals surface area (Å²) >= 11 is 5.85. The van der Waals surface area contributed by atoms with E-state index in [4.69, 9.17) is 27.3 Å². The number of benzene rings is 2. The van der Waals surface area contributed by atoms with Crippen LogP contribution in [0.3, 0.4) is 0 Å². The largest absolute Gasteiger partial charge is 0.496 e. The number of amides is 1. The van der Waals surface area contributed by atoms with Crippen molar-refractivity contribution in [3.05, 3.63) is 52.5 Å². The van der Waals surface area contributed by atoms with Crippen LogP contribution in [0.5, 0.6) is 5.75 Å². The van der Waals surface area contributed by atoms with Gasteiger partial charge in [0.15, 0.2) is 0 Å². The second-order valence-corrected chi connectivity index (χ2v) is 4.63. The van der Waals surface area contributed by atoms with Crippen molar-refractivity contribution in [1.29, 1.82) is 5.26 Å². The molecule has 0 aromatic heterocycles. The van der Waals surface area contributed by atoms with Gasteiger partial charge >= 0.3 is 0 Å². The second-order valence-electron chi connectivity index (χ2n) is 4.22. The molecule has 106 valence electrons. The molecule has 5 nitrogen and oxygen atoms in total. The van der Waals surface area contributed by atoms with Crippen LogP contribution < -0.4 is 15.8 Å². The molecule has 0 unspecified atom stereocenters. The number of hydrogen-bond acceptors (Lipinski definition) is 4. The summed E-state index contributed by atoms with van der Waals surface area (Å²) in [7, 11) is 1.46. The lowest BCUT2D eigenvalue weighted by Crippen LogP contribution is -2.13. The highest BCUT2D eigenvalue weighted by Crippen LogP contribution is 2.24. The number of anilines is 2. The average molecular weight is 302 g/mol. The minimum atomic E-state index is -0.363. The van der Waals surface area contributed by atoms with Crippen LogP contribution in [0.25, 0.3) is 0 Å². The van der Waals surface area contributed by atoms with Gasteiger partial charge in [-0.05, 0) is 30.3 Å². The number of nitrogens with two attached hydrogens (primary N) is 1. The molecule has 0 spiro atoms. The third-order valence-electron chi connectivity index (χ3n) is 2.81. The number of rotatable bonds is 3. The summed E-state index contributed by atoms with van der Waals surface area (Å²) < 4.78 is 5.13. The lowest BCUT2D eigenvalue weighted by molar-refractivity contribution is 0.102. The molecule has 0 bridgehead atoms. The van der Waals surface area contributed by atoms with E-state index in [0.29, 0.717) is 33.3 Å². The van der Waals surface area contributed by atoms with Crippen LogP contribution in [0.15, 0.2) is 36.4 Å². The number of nitrogens with one attached hydrogen (secondary N) is 1. The minimum Gasteiger partial charge on any atom is -0.496 e. The average Bonchev–Trinajstić information content (AvgIpc) is 2.48. The number of nitriles is 1. The monoisotopic (exact) mass is 301 g/mol. The SMILES string of the molecule is COc1cc(N)ccc1C(=O)Nc1ccc(Cl)c(C#N)c1. The second kappa shape index (κ2) is 6.16. The highest BCUT2D eigenvalue weighted by molar-refractivity contribution is 6.31. The number of carbonyl (C=O) groups excluding carboxylic acids is 1. The van der Waals surface area contributed by atoms with Gasteiger partial charge in [0.1, 0.15) is 11.8 Å². The molecule has 0 aliphatic heterocycles. The van der Waals surface area contributed by atoms with Gasteiger partial charge < -0.3 is 15.8 Å². The Bertz CT molecular complexity index is 738. The van der Waals surface area contributed by atoms with Gasteiger partial charge in [0.05, 0.1) is 23.3 Å². The number of nitrogens with zero attached hydrogens (tertiary/aromatic N) is 1. The zero-order valence-electron chi connectivity index (χ0n) is 11.2. The maximum atomic E-state index is 12.2. The van der Waals surface area contributed by atoms with Crippen LogP contribution in [0.2, 0.25) is 5.02 Å². The topological polar surface area (TPSA) is 88.1 Å². The molecular formula is C15H12ClN3O2. The van der Waals surface area contributed by atoms with E-state index in [-0.39, 0.29) is 5.91 Å². The van der Waals surface area contributed by atoms with Gasteiger partial charge in [-0.3, -0.25) is 4.79 Å². The Labute approximate surface area is 126 Å². The van der Waals surface area contributed by atoms with Crippen molar-refractivity contribution in [3.63, 3.8) is 0 Å². The first kappa shape index (κ1) is 14.7. The predicted octanol–water partition coefficient (Wildman–Crippen LogP) is 3.05. The third-order valence-corrected chi connectivity index (χ3v) is 3.14. The van der Waals surface area contributed by atoms with Crippen molar-refractivity contribution >= 4 is 28.9 Å². The van der Waals surface area contributed by atoms with Crippen molar-refractivity contribution in [2.75, 3.05) is 18.2 Å². The Kier molecular flexibility index (Phi) is 4.31. The van der Waals surface area contributed by atoms with Gasteiger partial charge in [0.25, 0.3) is 5.91 Å². The summed E-state index contributed by atoms with van der Waals surface area (Å²) in [4.78, 5) is 12.2. The van der Waals surface area contributed by atoms with E-state index >= 15 is 0 Å². The summed E-state index contributed by atoms with van der Waals surface area (Å²) in [5, 5.41) is 11.9. The first-order chi connectivity index (χ1) is 10.0. The van der Waals surface area contributed by atoms with E-state index in [1.54, 1.807) is 30.3 Å². The standard InChI is InChI=1S/C15H12ClN3O2/c1-21-14-7-10(18)2-4-12(14)15(20)19-11-3-5-13(16)9(6-11)8-17/h2-7H,18H2,1H3,(H,19,20). The molecule has 3 N–H and O–H groups in total. The Morgan fingerprint density at radius 1 is 1.33 bits per heavy atom. The normalized spacial score (nSPS) is 9.76. The maximum Gasteiger partial charge on any atom is 0.259 e. The summed E-state index contributed by atoms with van der Waals surface area (Å²) in [5.74, 6) is 0.0139. The van der Waals surface area contributed by atoms with E-state index in [0.717, 1.165) is 0 Å². The summed E-state index contributed by atoms with van der Waals surface area (Å²) in [6.45, 7) is 0. The number of methoxy groups -OCH3 is 1. The van der Waals surface area contributed by atoms with Crippen molar-refractivity contribution in [1.82, 2.24) is 0 Å². The number of ether oxygens (including phenoxy) is 1. The Hall–Kier alpha value is -2.71. The molecule has 0 saturated heterocycles. The number of halogens is 1. The molecule has 0 fully saturated rings. The fourth-order valence-electron chi connectivity index (χ4n) is 1.78. The Balaban J connectivity index is 2.28. The van der Waals surface area contributed by atoms with Gasteiger partial charge in [-0.15, -0.1) is 0 Å². The molecule has 0 heterocycles. The van der Waals surface area contributed by atoms with E-state index in [2.05, 4.69) is 5.32 Å². The summed E-state index contributed by atoms with van der Waals surface area (Å²) in [6, 6.07) is 11.4. The van der Waals surface area contributed by atoms with Gasteiger partial charge in [-0.2, -0.15) is 5.26 Å². The zero-order valence-corrected chi connectivity index (χ0v) is 11.9. The third kappa shape index (κ3) is 3.25. The molecule has 2 aromatic rings. The fraction of sp³-hybridized carbons (Fsp3) is 0.0667. The lowest BCUT2D eigenvalue weighted by atomic mass is 10.1. The molecule has 2 aromatic carbocycles. The highest BCUT2D eigenvalue weighted by Gasteiger charge is 2.13. The number of nitrogen functional groups attached to an aromatic ring is 1. The highest BCUT2D eigenvalue weighted by atomic mass is 35.5. The van der Waals surface area contributed by atoms with Crippen LogP contribution in [0, 0.1) is 11.3 Å². The molecule has 21 heavy (non-hydrogen) atoms. The van der Waals surface area contributed by atoms with Crippen LogP contribution in [0.1, 0.15) is 15.9 Å². The molecule has 6 heteroatoms. The molecule has 2 rings (SSSR count). The van der Waals surface area contributed by atoms with E-state index in [1.165, 1.54) is 13.2 Å². The van der Waals surface area contributed by atoms with Crippen LogP contribution >= 0.6 is 11.6 Å². The van der Waals surface area contributed by atoms with Gasteiger partial charge in [0.2, 0.25) is 0 Å². The molecular weight excluding hydrogens is 290 g/mol. The smallest absolute Gasteiger partial charge is 0.259 e. The van der Waals surface area contributed by atoms with Gasteiger partial charge in [-0.25, -0.2) is 0 Å². The molecule has 1 amide bonds. The Morgan fingerprint density at radius 2 is 2.10 bits per heavy atom.